The summed E-state index contributed by atoms with van der Waals surface area (Å²) in [5.41, 5.74) is 0.534. The van der Waals surface area contributed by atoms with Gasteiger partial charge < -0.3 is 10.6 Å². The molecule has 1 aromatic carbocycles. The lowest BCUT2D eigenvalue weighted by Crippen LogP contribution is -2.41. The largest absolute Gasteiger partial charge is 0.367 e. The van der Waals surface area contributed by atoms with Gasteiger partial charge in [-0.3, -0.25) is 13.9 Å². The Labute approximate surface area is 151 Å². The third-order valence-electron chi connectivity index (χ3n) is 4.76. The van der Waals surface area contributed by atoms with Gasteiger partial charge in [-0.2, -0.15) is 5.26 Å². The fraction of sp³-hybridized carbons (Fsp3) is 0.421. The molecule has 0 radical (unpaired) electrons. The molecule has 1 atom stereocenters. The second-order valence-electron chi connectivity index (χ2n) is 6.61. The topological polar surface area (TPSA) is 91.8 Å². The number of hydrogen-bond donors (Lipinski definition) is 2. The average molecular weight is 353 g/mol. The molecule has 0 saturated carbocycles. The van der Waals surface area contributed by atoms with E-state index in [0.29, 0.717) is 11.4 Å². The second kappa shape index (κ2) is 8.02. The minimum absolute atomic E-state index is 0.154. The Balaban J connectivity index is 2.00. The molecular weight excluding hydrogens is 330 g/mol. The fourth-order valence-electron chi connectivity index (χ4n) is 3.23. The Morgan fingerprint density at radius 3 is 2.92 bits per heavy atom. The Hall–Kier alpha value is -2.85. The summed E-state index contributed by atoms with van der Waals surface area (Å²) in [7, 11) is 1.47. The van der Waals surface area contributed by atoms with E-state index >= 15 is 0 Å². The number of nitrogens with zero attached hydrogens (tertiary/aromatic N) is 3. The van der Waals surface area contributed by atoms with Crippen molar-refractivity contribution in [1.29, 1.82) is 5.26 Å². The lowest BCUT2D eigenvalue weighted by atomic mass is 10.1. The Morgan fingerprint density at radius 2 is 2.12 bits per heavy atom. The van der Waals surface area contributed by atoms with Gasteiger partial charge in [0.05, 0.1) is 18.2 Å². The smallest absolute Gasteiger partial charge is 0.332 e. The van der Waals surface area contributed by atoms with Crippen molar-refractivity contribution in [2.75, 3.05) is 18.4 Å². The minimum Gasteiger partial charge on any atom is -0.367 e. The zero-order valence-corrected chi connectivity index (χ0v) is 14.9. The zero-order valence-electron chi connectivity index (χ0n) is 14.9. The maximum Gasteiger partial charge on any atom is 0.332 e. The molecule has 0 amide bonds. The Morgan fingerprint density at radius 1 is 1.31 bits per heavy atom. The molecule has 1 fully saturated rings. The quantitative estimate of drug-likeness (QED) is 0.856. The van der Waals surface area contributed by atoms with E-state index in [1.54, 1.807) is 12.1 Å². The van der Waals surface area contributed by atoms with Gasteiger partial charge >= 0.3 is 5.69 Å². The van der Waals surface area contributed by atoms with Crippen LogP contribution in [0.25, 0.3) is 0 Å². The second-order valence-corrected chi connectivity index (χ2v) is 6.61. The summed E-state index contributed by atoms with van der Waals surface area (Å²) in [6.07, 6.45) is 3.19. The molecule has 0 bridgehead atoms. The van der Waals surface area contributed by atoms with Gasteiger partial charge in [-0.05, 0) is 31.0 Å². The van der Waals surface area contributed by atoms with Crippen LogP contribution in [0, 0.1) is 11.3 Å². The summed E-state index contributed by atoms with van der Waals surface area (Å²) in [4.78, 5) is 24.9. The maximum absolute atomic E-state index is 12.7. The molecule has 1 aliphatic heterocycles. The third kappa shape index (κ3) is 3.86. The van der Waals surface area contributed by atoms with Crippen LogP contribution in [0.15, 0.2) is 39.9 Å². The summed E-state index contributed by atoms with van der Waals surface area (Å²) in [5, 5.41) is 16.0. The van der Waals surface area contributed by atoms with Crippen molar-refractivity contribution in [3.8, 4) is 6.07 Å². The first kappa shape index (κ1) is 18.0. The number of anilines is 1. The van der Waals surface area contributed by atoms with Crippen molar-refractivity contribution in [3.63, 3.8) is 0 Å². The molecular formula is C19H23N5O2. The van der Waals surface area contributed by atoms with Crippen LogP contribution in [-0.2, 0) is 13.6 Å². The number of benzene rings is 1. The molecule has 7 heteroatoms. The highest BCUT2D eigenvalue weighted by molar-refractivity contribution is 5.41. The van der Waals surface area contributed by atoms with Crippen molar-refractivity contribution in [2.45, 2.75) is 31.8 Å². The third-order valence-corrected chi connectivity index (χ3v) is 4.76. The summed E-state index contributed by atoms with van der Waals surface area (Å²) >= 11 is 0. The van der Waals surface area contributed by atoms with E-state index in [4.69, 9.17) is 0 Å². The number of hydrogen-bond acceptors (Lipinski definition) is 5. The first-order valence-corrected chi connectivity index (χ1v) is 8.86. The summed E-state index contributed by atoms with van der Waals surface area (Å²) in [6, 6.07) is 11.0. The van der Waals surface area contributed by atoms with Gasteiger partial charge in [-0.25, -0.2) is 4.79 Å². The van der Waals surface area contributed by atoms with Crippen molar-refractivity contribution < 1.29 is 0 Å². The van der Waals surface area contributed by atoms with Gasteiger partial charge in [0, 0.05) is 25.7 Å². The van der Waals surface area contributed by atoms with Crippen LogP contribution < -0.4 is 21.9 Å². The van der Waals surface area contributed by atoms with Crippen LogP contribution in [0.1, 0.15) is 30.4 Å². The van der Waals surface area contributed by atoms with Crippen LogP contribution in [0.5, 0.6) is 0 Å². The first-order valence-electron chi connectivity index (χ1n) is 8.86. The summed E-state index contributed by atoms with van der Waals surface area (Å²) < 4.78 is 2.62. The predicted molar refractivity (Wildman–Crippen MR) is 100 cm³/mol. The first-order chi connectivity index (χ1) is 12.6. The molecule has 1 saturated heterocycles. The number of nitriles is 1. The van der Waals surface area contributed by atoms with Gasteiger partial charge in [0.25, 0.3) is 5.56 Å². The van der Waals surface area contributed by atoms with Gasteiger partial charge in [-0.15, -0.1) is 0 Å². The molecule has 1 aliphatic rings. The Bertz CT molecular complexity index is 930. The molecule has 0 aliphatic carbocycles. The van der Waals surface area contributed by atoms with E-state index in [0.717, 1.165) is 42.5 Å². The van der Waals surface area contributed by atoms with E-state index in [2.05, 4.69) is 16.7 Å². The molecule has 1 aromatic heterocycles. The van der Waals surface area contributed by atoms with Gasteiger partial charge in [0.15, 0.2) is 0 Å². The molecule has 2 aromatic rings. The van der Waals surface area contributed by atoms with Gasteiger partial charge in [0.1, 0.15) is 5.82 Å². The summed E-state index contributed by atoms with van der Waals surface area (Å²) in [6.45, 7) is 2.01. The van der Waals surface area contributed by atoms with E-state index in [-0.39, 0.29) is 18.1 Å². The van der Waals surface area contributed by atoms with Gasteiger partial charge in [-0.1, -0.05) is 24.6 Å². The lowest BCUT2D eigenvalue weighted by Gasteiger charge is -2.21. The highest BCUT2D eigenvalue weighted by atomic mass is 16.2. The molecule has 136 valence electrons. The van der Waals surface area contributed by atoms with Crippen molar-refractivity contribution in [3.05, 3.63) is 62.3 Å². The van der Waals surface area contributed by atoms with Crippen LogP contribution >= 0.6 is 0 Å². The van der Waals surface area contributed by atoms with Crippen LogP contribution in [-0.4, -0.2) is 28.3 Å². The monoisotopic (exact) mass is 353 g/mol. The van der Waals surface area contributed by atoms with Crippen molar-refractivity contribution in [2.24, 2.45) is 7.05 Å². The van der Waals surface area contributed by atoms with E-state index in [1.165, 1.54) is 17.7 Å². The molecule has 3 rings (SSSR count). The molecule has 2 heterocycles. The SMILES string of the molecule is Cn1c(=O)cc(NC2CCCCNC2)n(Cc2ccccc2C#N)c1=O. The standard InChI is InChI=1S/C19H23N5O2/c1-23-18(25)10-17(22-16-8-4-5-9-21-12-16)24(19(23)26)13-15-7-3-2-6-14(15)11-20/h2-3,6-7,10,16,21-22H,4-5,8-9,12-13H2,1H3. The van der Waals surface area contributed by atoms with Crippen LogP contribution in [0.3, 0.4) is 0 Å². The molecule has 26 heavy (non-hydrogen) atoms. The van der Waals surface area contributed by atoms with E-state index < -0.39 is 5.69 Å². The maximum atomic E-state index is 12.7. The van der Waals surface area contributed by atoms with E-state index in [9.17, 15) is 14.9 Å². The highest BCUT2D eigenvalue weighted by Crippen LogP contribution is 2.14. The lowest BCUT2D eigenvalue weighted by molar-refractivity contribution is 0.605. The Kier molecular flexibility index (Phi) is 5.54. The number of aromatic nitrogens is 2. The zero-order chi connectivity index (χ0) is 18.5. The van der Waals surface area contributed by atoms with Crippen molar-refractivity contribution in [1.82, 2.24) is 14.5 Å². The molecule has 1 unspecified atom stereocenters. The summed E-state index contributed by atoms with van der Waals surface area (Å²) in [5.74, 6) is 0.500. The average Bonchev–Trinajstić information content (AvgIpc) is 2.92. The van der Waals surface area contributed by atoms with E-state index in [1.807, 2.05) is 12.1 Å². The number of nitrogens with one attached hydrogen (secondary N) is 2. The molecule has 7 nitrogen and oxygen atoms in total. The normalized spacial score (nSPS) is 17.3. The minimum atomic E-state index is -0.394. The van der Waals surface area contributed by atoms with Crippen LogP contribution in [0.2, 0.25) is 0 Å². The number of rotatable bonds is 4. The van der Waals surface area contributed by atoms with Crippen LogP contribution in [0.4, 0.5) is 5.82 Å². The molecule has 0 spiro atoms. The molecule has 2 N–H and O–H groups in total. The van der Waals surface area contributed by atoms with Crippen molar-refractivity contribution >= 4 is 5.82 Å². The van der Waals surface area contributed by atoms with Gasteiger partial charge in [0.2, 0.25) is 0 Å². The predicted octanol–water partition coefficient (Wildman–Crippen LogP) is 1.02. The highest BCUT2D eigenvalue weighted by Gasteiger charge is 2.16. The fourth-order valence-corrected chi connectivity index (χ4v) is 3.23.